The van der Waals surface area contributed by atoms with Gasteiger partial charge in [-0.05, 0) is 70.6 Å². The van der Waals surface area contributed by atoms with Crippen LogP contribution in [0.15, 0.2) is 36.5 Å². The quantitative estimate of drug-likeness (QED) is 0.0195. The molecule has 9 heteroatoms. The maximum Gasteiger partial charge on any atom is 0.306 e. The van der Waals surface area contributed by atoms with Crippen molar-refractivity contribution in [3.8, 4) is 0 Å². The van der Waals surface area contributed by atoms with E-state index < -0.39 is 24.3 Å². The second-order valence-electron chi connectivity index (χ2n) is 20.2. The number of allylic oxidation sites excluding steroid dienone is 6. The second-order valence-corrected chi connectivity index (χ2v) is 20.2. The standard InChI is InChI=1S/C58H107NO8/c1-6-8-10-12-14-16-18-20-22-23-24-25-26-27-28-29-30-31-32-33-35-36-38-40-42-44-46-48-55(60)65-52-54(53-66-58(57(62)63)64-51-50-59(3,4)5)67-56(61)49-47-45-43-41-39-37-34-21-19-17-15-13-11-9-7-2/h15,17,21,23-24,34,54,58H,6-14,16,18-20,22,25-33,35-53H2,1-5H3/b17-15-,24-23-,34-21-. The lowest BCUT2D eigenvalue weighted by atomic mass is 10.0. The van der Waals surface area contributed by atoms with Gasteiger partial charge in [0.1, 0.15) is 13.2 Å². The van der Waals surface area contributed by atoms with Crippen LogP contribution < -0.4 is 5.11 Å². The van der Waals surface area contributed by atoms with Gasteiger partial charge in [0.2, 0.25) is 0 Å². The lowest BCUT2D eigenvalue weighted by Gasteiger charge is -2.26. The summed E-state index contributed by atoms with van der Waals surface area (Å²) in [5.41, 5.74) is 0. The van der Waals surface area contributed by atoms with E-state index in [1.54, 1.807) is 0 Å². The lowest BCUT2D eigenvalue weighted by Crippen LogP contribution is -2.44. The maximum absolute atomic E-state index is 12.8. The summed E-state index contributed by atoms with van der Waals surface area (Å²) in [5, 5.41) is 11.7. The number of aliphatic carboxylic acids is 1. The summed E-state index contributed by atoms with van der Waals surface area (Å²) < 4.78 is 22.6. The van der Waals surface area contributed by atoms with Gasteiger partial charge < -0.3 is 33.3 Å². The number of nitrogens with zero attached hydrogens (tertiary/aromatic N) is 1. The van der Waals surface area contributed by atoms with Crippen LogP contribution in [0.25, 0.3) is 0 Å². The molecule has 0 rings (SSSR count). The van der Waals surface area contributed by atoms with Gasteiger partial charge in [-0.2, -0.15) is 0 Å². The van der Waals surface area contributed by atoms with Crippen LogP contribution in [0, 0.1) is 0 Å². The summed E-state index contributed by atoms with van der Waals surface area (Å²) in [6.07, 6.45) is 56.2. The third-order valence-electron chi connectivity index (χ3n) is 12.4. The number of rotatable bonds is 52. The van der Waals surface area contributed by atoms with Crippen molar-refractivity contribution in [3.05, 3.63) is 36.5 Å². The highest BCUT2D eigenvalue weighted by Gasteiger charge is 2.22. The molecule has 0 bridgehead atoms. The molecular weight excluding hydrogens is 839 g/mol. The molecule has 9 nitrogen and oxygen atoms in total. The predicted octanol–water partition coefficient (Wildman–Crippen LogP) is 14.8. The molecule has 0 aliphatic heterocycles. The van der Waals surface area contributed by atoms with Gasteiger partial charge in [-0.25, -0.2) is 0 Å². The Bertz CT molecular complexity index is 1190. The number of hydrogen-bond donors (Lipinski definition) is 0. The first-order valence-electron chi connectivity index (χ1n) is 28.1. The van der Waals surface area contributed by atoms with Gasteiger partial charge in [0.25, 0.3) is 0 Å². The third-order valence-corrected chi connectivity index (χ3v) is 12.4. The van der Waals surface area contributed by atoms with Crippen LogP contribution in [0.2, 0.25) is 0 Å². The average molecular weight is 946 g/mol. The molecule has 0 saturated carbocycles. The minimum Gasteiger partial charge on any atom is -0.545 e. The number of carbonyl (C=O) groups is 3. The number of carboxylic acid groups (broad SMARTS) is 1. The third kappa shape index (κ3) is 51.2. The highest BCUT2D eigenvalue weighted by Crippen LogP contribution is 2.16. The van der Waals surface area contributed by atoms with Crippen molar-refractivity contribution in [3.63, 3.8) is 0 Å². The zero-order valence-electron chi connectivity index (χ0n) is 44.5. The van der Waals surface area contributed by atoms with Gasteiger partial charge >= 0.3 is 11.9 Å². The molecule has 2 atom stereocenters. The molecule has 0 saturated heterocycles. The molecule has 0 amide bonds. The fourth-order valence-corrected chi connectivity index (χ4v) is 7.97. The molecule has 0 N–H and O–H groups in total. The van der Waals surface area contributed by atoms with Crippen LogP contribution in [-0.2, 0) is 33.3 Å². The Morgan fingerprint density at radius 1 is 0.448 bits per heavy atom. The number of hydrogen-bond acceptors (Lipinski definition) is 8. The van der Waals surface area contributed by atoms with Crippen molar-refractivity contribution >= 4 is 17.9 Å². The van der Waals surface area contributed by atoms with E-state index in [0.29, 0.717) is 23.9 Å². The Kier molecular flexibility index (Phi) is 48.1. The lowest BCUT2D eigenvalue weighted by molar-refractivity contribution is -0.870. The van der Waals surface area contributed by atoms with Crippen LogP contribution in [0.5, 0.6) is 0 Å². The van der Waals surface area contributed by atoms with Gasteiger partial charge in [-0.15, -0.1) is 0 Å². The smallest absolute Gasteiger partial charge is 0.306 e. The molecule has 0 aliphatic carbocycles. The van der Waals surface area contributed by atoms with Gasteiger partial charge in [-0.3, -0.25) is 9.59 Å². The van der Waals surface area contributed by atoms with Crippen LogP contribution in [-0.4, -0.2) is 82.3 Å². The highest BCUT2D eigenvalue weighted by atomic mass is 16.7. The van der Waals surface area contributed by atoms with E-state index in [-0.39, 0.29) is 32.2 Å². The van der Waals surface area contributed by atoms with Crippen molar-refractivity contribution in [1.82, 2.24) is 0 Å². The number of carbonyl (C=O) groups excluding carboxylic acids is 3. The molecule has 392 valence electrons. The van der Waals surface area contributed by atoms with E-state index in [4.69, 9.17) is 18.9 Å². The Labute approximate surface area is 413 Å². The predicted molar refractivity (Wildman–Crippen MR) is 279 cm³/mol. The Hall–Kier alpha value is -2.49. The Morgan fingerprint density at radius 2 is 0.806 bits per heavy atom. The normalized spacial score (nSPS) is 13.0. The highest BCUT2D eigenvalue weighted by molar-refractivity contribution is 5.70. The zero-order chi connectivity index (χ0) is 49.2. The molecule has 0 aromatic rings. The van der Waals surface area contributed by atoms with Crippen LogP contribution in [0.1, 0.15) is 258 Å². The van der Waals surface area contributed by atoms with E-state index in [9.17, 15) is 19.5 Å². The monoisotopic (exact) mass is 946 g/mol. The molecular formula is C58H107NO8. The van der Waals surface area contributed by atoms with Crippen molar-refractivity contribution in [2.75, 3.05) is 47.5 Å². The van der Waals surface area contributed by atoms with Crippen LogP contribution >= 0.6 is 0 Å². The van der Waals surface area contributed by atoms with Crippen molar-refractivity contribution in [2.45, 2.75) is 270 Å². The first-order chi connectivity index (χ1) is 32.6. The fraction of sp³-hybridized carbons (Fsp3) is 0.845. The Morgan fingerprint density at radius 3 is 1.22 bits per heavy atom. The largest absolute Gasteiger partial charge is 0.545 e. The second kappa shape index (κ2) is 49.9. The molecule has 0 heterocycles. The van der Waals surface area contributed by atoms with Gasteiger partial charge in [0.15, 0.2) is 12.4 Å². The number of unbranched alkanes of at least 4 members (excludes halogenated alkanes) is 31. The average Bonchev–Trinajstić information content (AvgIpc) is 3.29. The number of esters is 2. The number of quaternary nitrogens is 1. The minimum atomic E-state index is -1.62. The van der Waals surface area contributed by atoms with Gasteiger partial charge in [-0.1, -0.05) is 211 Å². The number of carboxylic acids is 1. The topological polar surface area (TPSA) is 111 Å². The fourth-order valence-electron chi connectivity index (χ4n) is 7.97. The van der Waals surface area contributed by atoms with Crippen molar-refractivity contribution in [2.24, 2.45) is 0 Å². The van der Waals surface area contributed by atoms with Crippen LogP contribution in [0.4, 0.5) is 0 Å². The molecule has 0 fully saturated rings. The van der Waals surface area contributed by atoms with Gasteiger partial charge in [0, 0.05) is 12.8 Å². The molecule has 0 spiro atoms. The van der Waals surface area contributed by atoms with E-state index in [2.05, 4.69) is 50.3 Å². The summed E-state index contributed by atoms with van der Waals surface area (Å²) in [6, 6.07) is 0. The first-order valence-corrected chi connectivity index (χ1v) is 28.1. The van der Waals surface area contributed by atoms with Crippen LogP contribution in [0.3, 0.4) is 0 Å². The first kappa shape index (κ1) is 64.5. The summed E-state index contributed by atoms with van der Waals surface area (Å²) in [6.45, 7) is 4.73. The Balaban J connectivity index is 4.18. The maximum atomic E-state index is 12.8. The summed E-state index contributed by atoms with van der Waals surface area (Å²) in [4.78, 5) is 37.2. The number of likely N-dealkylation sites (N-methyl/N-ethyl adjacent to an activating group) is 1. The summed E-state index contributed by atoms with van der Waals surface area (Å²) in [5.74, 6) is -2.29. The van der Waals surface area contributed by atoms with E-state index in [1.165, 1.54) is 167 Å². The zero-order valence-corrected chi connectivity index (χ0v) is 44.5. The minimum absolute atomic E-state index is 0.146. The molecule has 2 unspecified atom stereocenters. The van der Waals surface area contributed by atoms with E-state index in [0.717, 1.165) is 57.8 Å². The molecule has 0 aliphatic rings. The summed E-state index contributed by atoms with van der Waals surface area (Å²) >= 11 is 0. The SMILES string of the molecule is CCCCC/C=C\C/C=C\CCCCCCCC(=O)OC(COC(=O)CCCCCCCCCCCCCCCCC/C=C\CCCCCCCCCC)COC(OCC[N+](C)(C)C)C(=O)[O-]. The van der Waals surface area contributed by atoms with E-state index in [1.807, 2.05) is 21.1 Å². The summed E-state index contributed by atoms with van der Waals surface area (Å²) in [7, 11) is 5.92. The van der Waals surface area contributed by atoms with E-state index >= 15 is 0 Å². The number of ether oxygens (including phenoxy) is 4. The van der Waals surface area contributed by atoms with Crippen molar-refractivity contribution in [1.29, 1.82) is 0 Å². The van der Waals surface area contributed by atoms with Crippen molar-refractivity contribution < 1.29 is 42.9 Å². The molecule has 0 radical (unpaired) electrons. The van der Waals surface area contributed by atoms with Gasteiger partial charge in [0.05, 0.1) is 40.3 Å². The molecule has 0 aromatic carbocycles. The molecule has 0 aromatic heterocycles. The molecule has 67 heavy (non-hydrogen) atoms.